The maximum absolute atomic E-state index is 8.82. The van der Waals surface area contributed by atoms with Gasteiger partial charge in [-0.05, 0) is 26.7 Å². The number of nitrogens with one attached hydrogen (secondary N) is 1. The largest absolute Gasteiger partial charge is 0.396 e. The van der Waals surface area contributed by atoms with Gasteiger partial charge in [0.1, 0.15) is 17.5 Å². The van der Waals surface area contributed by atoms with Crippen molar-refractivity contribution in [1.82, 2.24) is 9.97 Å². The molecule has 0 radical (unpaired) electrons. The third-order valence-electron chi connectivity index (χ3n) is 2.90. The second kappa shape index (κ2) is 6.54. The van der Waals surface area contributed by atoms with Crippen LogP contribution in [0.5, 0.6) is 0 Å². The Hall–Kier alpha value is -1.36. The fraction of sp³-hybridized carbons (Fsp3) is 0.692. The lowest BCUT2D eigenvalue weighted by molar-refractivity contribution is 0.282. The van der Waals surface area contributed by atoms with Crippen molar-refractivity contribution in [2.45, 2.75) is 52.5 Å². The molecule has 0 saturated carbocycles. The van der Waals surface area contributed by atoms with Crippen LogP contribution in [0.1, 0.15) is 50.9 Å². The SMILES string of the molecule is Cc1c(N)nc(C(C)C)nc1NC(C)CCCO. The van der Waals surface area contributed by atoms with E-state index in [0.717, 1.165) is 30.0 Å². The molecular formula is C13H24N4O. The molecule has 0 aliphatic rings. The van der Waals surface area contributed by atoms with E-state index in [4.69, 9.17) is 10.8 Å². The van der Waals surface area contributed by atoms with E-state index in [-0.39, 0.29) is 18.6 Å². The summed E-state index contributed by atoms with van der Waals surface area (Å²) in [5.41, 5.74) is 6.79. The van der Waals surface area contributed by atoms with Gasteiger partial charge in [-0.2, -0.15) is 0 Å². The zero-order valence-corrected chi connectivity index (χ0v) is 11.7. The Kier molecular flexibility index (Phi) is 5.34. The average Bonchev–Trinajstić information content (AvgIpc) is 2.31. The van der Waals surface area contributed by atoms with E-state index < -0.39 is 0 Å². The molecule has 0 aliphatic carbocycles. The summed E-state index contributed by atoms with van der Waals surface area (Å²) in [4.78, 5) is 8.80. The summed E-state index contributed by atoms with van der Waals surface area (Å²) < 4.78 is 0. The van der Waals surface area contributed by atoms with Gasteiger partial charge >= 0.3 is 0 Å². The summed E-state index contributed by atoms with van der Waals surface area (Å²) in [6.07, 6.45) is 1.68. The van der Waals surface area contributed by atoms with Crippen LogP contribution < -0.4 is 11.1 Å². The Bertz CT molecular complexity index is 393. The van der Waals surface area contributed by atoms with Crippen LogP contribution in [0.15, 0.2) is 0 Å². The summed E-state index contributed by atoms with van der Waals surface area (Å²) in [7, 11) is 0. The van der Waals surface area contributed by atoms with Gasteiger partial charge in [-0.15, -0.1) is 0 Å². The Labute approximate surface area is 109 Å². The Morgan fingerprint density at radius 3 is 2.50 bits per heavy atom. The number of hydrogen-bond acceptors (Lipinski definition) is 5. The smallest absolute Gasteiger partial charge is 0.135 e. The lowest BCUT2D eigenvalue weighted by Gasteiger charge is -2.18. The van der Waals surface area contributed by atoms with Crippen molar-refractivity contribution >= 4 is 11.6 Å². The van der Waals surface area contributed by atoms with Crippen LogP contribution >= 0.6 is 0 Å². The molecule has 0 bridgehead atoms. The van der Waals surface area contributed by atoms with Gasteiger partial charge in [0.2, 0.25) is 0 Å². The van der Waals surface area contributed by atoms with Gasteiger partial charge < -0.3 is 16.2 Å². The Morgan fingerprint density at radius 1 is 1.28 bits per heavy atom. The topological polar surface area (TPSA) is 84.1 Å². The van der Waals surface area contributed by atoms with Crippen molar-refractivity contribution in [2.24, 2.45) is 0 Å². The molecule has 0 spiro atoms. The van der Waals surface area contributed by atoms with Crippen molar-refractivity contribution in [2.75, 3.05) is 17.7 Å². The maximum atomic E-state index is 8.82. The zero-order chi connectivity index (χ0) is 13.7. The van der Waals surface area contributed by atoms with Gasteiger partial charge in [-0.3, -0.25) is 0 Å². The van der Waals surface area contributed by atoms with Crippen LogP contribution in [0.25, 0.3) is 0 Å². The van der Waals surface area contributed by atoms with E-state index in [0.29, 0.717) is 5.82 Å². The van der Waals surface area contributed by atoms with Gasteiger partial charge in [0.15, 0.2) is 0 Å². The molecule has 1 heterocycles. The molecule has 0 aliphatic heterocycles. The lowest BCUT2D eigenvalue weighted by atomic mass is 10.1. The first-order chi connectivity index (χ1) is 8.45. The summed E-state index contributed by atoms with van der Waals surface area (Å²) in [6.45, 7) is 8.29. The minimum atomic E-state index is 0.216. The predicted molar refractivity (Wildman–Crippen MR) is 74.7 cm³/mol. The average molecular weight is 252 g/mol. The number of aliphatic hydroxyl groups is 1. The quantitative estimate of drug-likeness (QED) is 0.721. The molecule has 1 unspecified atom stereocenters. The Balaban J connectivity index is 2.86. The zero-order valence-electron chi connectivity index (χ0n) is 11.7. The normalized spacial score (nSPS) is 12.8. The highest BCUT2D eigenvalue weighted by atomic mass is 16.2. The molecule has 0 amide bonds. The fourth-order valence-corrected chi connectivity index (χ4v) is 1.65. The summed E-state index contributed by atoms with van der Waals surface area (Å²) in [5, 5.41) is 12.2. The Morgan fingerprint density at radius 2 is 1.94 bits per heavy atom. The molecule has 1 aromatic heterocycles. The highest BCUT2D eigenvalue weighted by Gasteiger charge is 2.12. The minimum Gasteiger partial charge on any atom is -0.396 e. The van der Waals surface area contributed by atoms with Gasteiger partial charge in [-0.25, -0.2) is 9.97 Å². The van der Waals surface area contributed by atoms with Crippen LogP contribution in [0.2, 0.25) is 0 Å². The highest BCUT2D eigenvalue weighted by Crippen LogP contribution is 2.21. The molecule has 1 rings (SSSR count). The second-order valence-corrected chi connectivity index (χ2v) is 5.01. The molecule has 5 nitrogen and oxygen atoms in total. The molecule has 4 N–H and O–H groups in total. The predicted octanol–water partition coefficient (Wildman–Crippen LogP) is 2.06. The van der Waals surface area contributed by atoms with E-state index in [9.17, 15) is 0 Å². The first-order valence-electron chi connectivity index (χ1n) is 6.47. The number of anilines is 2. The van der Waals surface area contributed by atoms with Crippen LogP contribution in [0.3, 0.4) is 0 Å². The third kappa shape index (κ3) is 3.84. The first kappa shape index (κ1) is 14.7. The summed E-state index contributed by atoms with van der Waals surface area (Å²) in [6, 6.07) is 0.255. The molecule has 1 aromatic rings. The van der Waals surface area contributed by atoms with Crippen LogP contribution in [-0.2, 0) is 0 Å². The van der Waals surface area contributed by atoms with Crippen molar-refractivity contribution in [3.8, 4) is 0 Å². The fourth-order valence-electron chi connectivity index (χ4n) is 1.65. The molecule has 18 heavy (non-hydrogen) atoms. The standard InChI is InChI=1S/C13H24N4O/c1-8(2)12-16-11(14)10(4)13(17-12)15-9(3)6-5-7-18/h8-9,18H,5-7H2,1-4H3,(H3,14,15,16,17). The van der Waals surface area contributed by atoms with E-state index in [2.05, 4.69) is 22.2 Å². The van der Waals surface area contributed by atoms with Gasteiger partial charge in [0.05, 0.1) is 0 Å². The van der Waals surface area contributed by atoms with E-state index in [1.807, 2.05) is 20.8 Å². The van der Waals surface area contributed by atoms with Gasteiger partial charge in [-0.1, -0.05) is 13.8 Å². The van der Waals surface area contributed by atoms with E-state index >= 15 is 0 Å². The van der Waals surface area contributed by atoms with Crippen molar-refractivity contribution < 1.29 is 5.11 Å². The summed E-state index contributed by atoms with van der Waals surface area (Å²) >= 11 is 0. The van der Waals surface area contributed by atoms with Crippen molar-refractivity contribution in [1.29, 1.82) is 0 Å². The maximum Gasteiger partial charge on any atom is 0.135 e. The van der Waals surface area contributed by atoms with Gasteiger partial charge in [0, 0.05) is 24.1 Å². The molecular weight excluding hydrogens is 228 g/mol. The molecule has 5 heteroatoms. The number of nitrogen functional groups attached to an aromatic ring is 1. The van der Waals surface area contributed by atoms with Crippen LogP contribution in [-0.4, -0.2) is 27.7 Å². The molecule has 1 atom stereocenters. The van der Waals surface area contributed by atoms with Crippen LogP contribution in [0, 0.1) is 6.92 Å². The second-order valence-electron chi connectivity index (χ2n) is 5.01. The number of aromatic nitrogens is 2. The van der Waals surface area contributed by atoms with Crippen molar-refractivity contribution in [3.63, 3.8) is 0 Å². The number of rotatable bonds is 6. The van der Waals surface area contributed by atoms with E-state index in [1.54, 1.807) is 0 Å². The summed E-state index contributed by atoms with van der Waals surface area (Å²) in [5.74, 6) is 2.35. The van der Waals surface area contributed by atoms with Crippen LogP contribution in [0.4, 0.5) is 11.6 Å². The number of hydrogen-bond donors (Lipinski definition) is 3. The first-order valence-corrected chi connectivity index (χ1v) is 6.47. The molecule has 0 fully saturated rings. The van der Waals surface area contributed by atoms with Crippen molar-refractivity contribution in [3.05, 3.63) is 11.4 Å². The monoisotopic (exact) mass is 252 g/mol. The highest BCUT2D eigenvalue weighted by molar-refractivity contribution is 5.55. The molecule has 0 aromatic carbocycles. The van der Waals surface area contributed by atoms with E-state index in [1.165, 1.54) is 0 Å². The molecule has 0 saturated heterocycles. The minimum absolute atomic E-state index is 0.216. The lowest BCUT2D eigenvalue weighted by Crippen LogP contribution is -2.19. The molecule has 102 valence electrons. The number of nitrogens with two attached hydrogens (primary N) is 1. The third-order valence-corrected chi connectivity index (χ3v) is 2.90. The van der Waals surface area contributed by atoms with Gasteiger partial charge in [0.25, 0.3) is 0 Å². The number of nitrogens with zero attached hydrogens (tertiary/aromatic N) is 2. The number of aliphatic hydroxyl groups excluding tert-OH is 1.